The highest BCUT2D eigenvalue weighted by Gasteiger charge is 2.17. The minimum atomic E-state index is -0.234. The molecule has 0 bridgehead atoms. The Labute approximate surface area is 176 Å². The molecule has 0 saturated heterocycles. The van der Waals surface area contributed by atoms with Crippen molar-refractivity contribution < 1.29 is 9.53 Å². The molecule has 0 heterocycles. The van der Waals surface area contributed by atoms with Gasteiger partial charge >= 0.3 is 0 Å². The molecule has 3 aromatic carbocycles. The second-order valence-electron chi connectivity index (χ2n) is 6.84. The van der Waals surface area contributed by atoms with Crippen LogP contribution in [0.2, 0.25) is 5.02 Å². The molecule has 0 aromatic heterocycles. The van der Waals surface area contributed by atoms with Gasteiger partial charge in [-0.05, 0) is 47.9 Å². The highest BCUT2D eigenvalue weighted by atomic mass is 35.5. The van der Waals surface area contributed by atoms with Crippen LogP contribution in [0.25, 0.3) is 0 Å². The van der Waals surface area contributed by atoms with Gasteiger partial charge in [-0.25, -0.2) is 0 Å². The summed E-state index contributed by atoms with van der Waals surface area (Å²) in [6.07, 6.45) is 0. The van der Waals surface area contributed by atoms with Crippen LogP contribution >= 0.6 is 11.6 Å². The highest BCUT2D eigenvalue weighted by molar-refractivity contribution is 6.30. The van der Waals surface area contributed by atoms with Crippen LogP contribution in [0.15, 0.2) is 78.9 Å². The third kappa shape index (κ3) is 5.83. The number of carbonyl (C=O) groups excluding carboxylic acids is 1. The fourth-order valence-electron chi connectivity index (χ4n) is 3.13. The number of ether oxygens (including phenoxy) is 1. The van der Waals surface area contributed by atoms with Crippen molar-refractivity contribution in [3.05, 3.63) is 101 Å². The summed E-state index contributed by atoms with van der Waals surface area (Å²) in [4.78, 5) is 12.7. The molecule has 0 fully saturated rings. The SMILES string of the molecule is COc1ccc([C@H](NC(=O)CN[C@@H](C)c2ccc(Cl)cc2)c2ccccc2)cc1. The number of halogens is 1. The number of benzene rings is 3. The lowest BCUT2D eigenvalue weighted by atomic mass is 9.98. The number of amides is 1. The van der Waals surface area contributed by atoms with Gasteiger partial charge in [0.25, 0.3) is 0 Å². The monoisotopic (exact) mass is 408 g/mol. The summed E-state index contributed by atoms with van der Waals surface area (Å²) in [6.45, 7) is 2.23. The van der Waals surface area contributed by atoms with Gasteiger partial charge in [-0.15, -0.1) is 0 Å². The van der Waals surface area contributed by atoms with Crippen LogP contribution in [0.4, 0.5) is 0 Å². The van der Waals surface area contributed by atoms with E-state index in [9.17, 15) is 4.79 Å². The van der Waals surface area contributed by atoms with Gasteiger partial charge < -0.3 is 15.4 Å². The van der Waals surface area contributed by atoms with Gasteiger partial charge in [0, 0.05) is 11.1 Å². The van der Waals surface area contributed by atoms with Crippen molar-refractivity contribution in [3.8, 4) is 5.75 Å². The Morgan fingerprint density at radius 1 is 0.897 bits per heavy atom. The minimum Gasteiger partial charge on any atom is -0.497 e. The molecule has 4 nitrogen and oxygen atoms in total. The first-order valence-corrected chi connectivity index (χ1v) is 9.91. The van der Waals surface area contributed by atoms with Crippen molar-refractivity contribution in [2.75, 3.05) is 13.7 Å². The molecule has 0 radical (unpaired) electrons. The molecule has 0 aliphatic rings. The topological polar surface area (TPSA) is 50.4 Å². The van der Waals surface area contributed by atoms with Gasteiger partial charge in [-0.2, -0.15) is 0 Å². The molecule has 2 N–H and O–H groups in total. The fourth-order valence-corrected chi connectivity index (χ4v) is 3.25. The van der Waals surface area contributed by atoms with E-state index in [0.717, 1.165) is 22.4 Å². The van der Waals surface area contributed by atoms with Crippen LogP contribution in [-0.2, 0) is 4.79 Å². The first-order valence-electron chi connectivity index (χ1n) is 9.54. The molecule has 0 unspecified atom stereocenters. The summed E-state index contributed by atoms with van der Waals surface area (Å²) in [6, 6.07) is 25.1. The molecule has 0 saturated carbocycles. The number of hydrogen-bond acceptors (Lipinski definition) is 3. The smallest absolute Gasteiger partial charge is 0.234 e. The average molecular weight is 409 g/mol. The summed E-state index contributed by atoms with van der Waals surface area (Å²) in [5.41, 5.74) is 3.10. The van der Waals surface area contributed by atoms with Gasteiger partial charge in [0.05, 0.1) is 19.7 Å². The normalized spacial score (nSPS) is 12.8. The van der Waals surface area contributed by atoms with E-state index in [-0.39, 0.29) is 24.5 Å². The van der Waals surface area contributed by atoms with Crippen LogP contribution in [0.1, 0.15) is 35.7 Å². The Bertz CT molecular complexity index is 912. The molecular formula is C24H25ClN2O2. The molecular weight excluding hydrogens is 384 g/mol. The van der Waals surface area contributed by atoms with Gasteiger partial charge in [-0.3, -0.25) is 4.79 Å². The third-order valence-corrected chi connectivity index (χ3v) is 5.08. The van der Waals surface area contributed by atoms with Crippen LogP contribution < -0.4 is 15.4 Å². The van der Waals surface area contributed by atoms with E-state index in [1.807, 2.05) is 85.8 Å². The molecule has 1 amide bonds. The van der Waals surface area contributed by atoms with Crippen LogP contribution in [0.5, 0.6) is 5.75 Å². The first kappa shape index (κ1) is 20.9. The maximum absolute atomic E-state index is 12.7. The average Bonchev–Trinajstić information content (AvgIpc) is 2.77. The first-order chi connectivity index (χ1) is 14.1. The van der Waals surface area contributed by atoms with Crippen molar-refractivity contribution in [1.29, 1.82) is 0 Å². The molecule has 150 valence electrons. The molecule has 3 aromatic rings. The Balaban J connectivity index is 1.68. The third-order valence-electron chi connectivity index (χ3n) is 4.83. The molecule has 29 heavy (non-hydrogen) atoms. The Morgan fingerprint density at radius 3 is 2.10 bits per heavy atom. The van der Waals surface area contributed by atoms with Crippen molar-refractivity contribution in [2.24, 2.45) is 0 Å². The van der Waals surface area contributed by atoms with Crippen molar-refractivity contribution >= 4 is 17.5 Å². The van der Waals surface area contributed by atoms with E-state index in [4.69, 9.17) is 16.3 Å². The lowest BCUT2D eigenvalue weighted by Gasteiger charge is -2.21. The van der Waals surface area contributed by atoms with Gasteiger partial charge in [0.1, 0.15) is 5.75 Å². The second kappa shape index (κ2) is 10.1. The molecule has 2 atom stereocenters. The van der Waals surface area contributed by atoms with Crippen molar-refractivity contribution in [1.82, 2.24) is 10.6 Å². The van der Waals surface area contributed by atoms with E-state index in [1.54, 1.807) is 7.11 Å². The lowest BCUT2D eigenvalue weighted by molar-refractivity contribution is -0.120. The van der Waals surface area contributed by atoms with Gasteiger partial charge in [0.15, 0.2) is 0 Å². The van der Waals surface area contributed by atoms with Crippen LogP contribution in [0.3, 0.4) is 0 Å². The summed E-state index contributed by atoms with van der Waals surface area (Å²) in [7, 11) is 1.64. The zero-order valence-corrected chi connectivity index (χ0v) is 17.3. The molecule has 0 aliphatic carbocycles. The number of rotatable bonds is 8. The largest absolute Gasteiger partial charge is 0.497 e. The van der Waals surface area contributed by atoms with Gasteiger partial charge in [-0.1, -0.05) is 66.2 Å². The number of hydrogen-bond donors (Lipinski definition) is 2. The Kier molecular flexibility index (Phi) is 7.28. The fraction of sp³-hybridized carbons (Fsp3) is 0.208. The zero-order chi connectivity index (χ0) is 20.6. The van der Waals surface area contributed by atoms with Gasteiger partial charge in [0.2, 0.25) is 5.91 Å². The van der Waals surface area contributed by atoms with E-state index >= 15 is 0 Å². The summed E-state index contributed by atoms with van der Waals surface area (Å²) >= 11 is 5.94. The predicted molar refractivity (Wildman–Crippen MR) is 117 cm³/mol. The lowest BCUT2D eigenvalue weighted by Crippen LogP contribution is -2.37. The van der Waals surface area contributed by atoms with E-state index in [1.165, 1.54) is 0 Å². The molecule has 0 aliphatic heterocycles. The Hall–Kier alpha value is -2.82. The predicted octanol–water partition coefficient (Wildman–Crippen LogP) is 4.91. The van der Waals surface area contributed by atoms with E-state index in [2.05, 4.69) is 10.6 Å². The summed E-state index contributed by atoms with van der Waals surface area (Å²) in [5, 5.41) is 7.11. The maximum Gasteiger partial charge on any atom is 0.234 e. The number of methoxy groups -OCH3 is 1. The molecule has 0 spiro atoms. The molecule has 3 rings (SSSR count). The highest BCUT2D eigenvalue weighted by Crippen LogP contribution is 2.24. The van der Waals surface area contributed by atoms with Crippen LogP contribution in [0, 0.1) is 0 Å². The second-order valence-corrected chi connectivity index (χ2v) is 7.27. The number of nitrogens with one attached hydrogen (secondary N) is 2. The zero-order valence-electron chi connectivity index (χ0n) is 16.6. The van der Waals surface area contributed by atoms with E-state index in [0.29, 0.717) is 5.02 Å². The molecule has 5 heteroatoms. The summed E-state index contributed by atoms with van der Waals surface area (Å²) in [5.74, 6) is 0.709. The number of carbonyl (C=O) groups is 1. The van der Waals surface area contributed by atoms with Crippen LogP contribution in [-0.4, -0.2) is 19.6 Å². The van der Waals surface area contributed by atoms with Crippen molar-refractivity contribution in [2.45, 2.75) is 19.0 Å². The summed E-state index contributed by atoms with van der Waals surface area (Å²) < 4.78 is 5.24. The minimum absolute atomic E-state index is 0.0363. The Morgan fingerprint density at radius 2 is 1.48 bits per heavy atom. The maximum atomic E-state index is 12.7. The standard InChI is InChI=1S/C24H25ClN2O2/c1-17(18-8-12-21(25)13-9-18)26-16-23(28)27-24(19-6-4-3-5-7-19)20-10-14-22(29-2)15-11-20/h3-15,17,24,26H,16H2,1-2H3,(H,27,28)/t17-,24+/m0/s1. The van der Waals surface area contributed by atoms with E-state index < -0.39 is 0 Å². The van der Waals surface area contributed by atoms with Crippen molar-refractivity contribution in [3.63, 3.8) is 0 Å². The quantitative estimate of drug-likeness (QED) is 0.557.